The first-order valence-electron chi connectivity index (χ1n) is 11.6. The molecule has 2 aromatic heterocycles. The van der Waals surface area contributed by atoms with Gasteiger partial charge in [0.25, 0.3) is 12.3 Å². The van der Waals surface area contributed by atoms with Crippen molar-refractivity contribution in [1.29, 1.82) is 0 Å². The molecule has 1 aliphatic heterocycles. The Morgan fingerprint density at radius 3 is 2.46 bits per heavy atom. The van der Waals surface area contributed by atoms with E-state index in [1.54, 1.807) is 20.8 Å². The third-order valence-corrected chi connectivity index (χ3v) is 5.61. The normalized spacial score (nSPS) is 17.2. The van der Waals surface area contributed by atoms with Crippen LogP contribution in [0.4, 0.5) is 32.4 Å². The summed E-state index contributed by atoms with van der Waals surface area (Å²) in [5.41, 5.74) is -3.28. The lowest BCUT2D eigenvalue weighted by atomic mass is 9.90. The Hall–Kier alpha value is -4.30. The number of ether oxygens (including phenoxy) is 1. The van der Waals surface area contributed by atoms with E-state index in [4.69, 9.17) is 4.74 Å². The van der Waals surface area contributed by atoms with E-state index in [1.165, 1.54) is 19.1 Å². The minimum absolute atomic E-state index is 0.0617. The van der Waals surface area contributed by atoms with E-state index in [0.29, 0.717) is 4.68 Å². The third kappa shape index (κ3) is 5.91. The van der Waals surface area contributed by atoms with Crippen molar-refractivity contribution in [2.45, 2.75) is 58.4 Å². The summed E-state index contributed by atoms with van der Waals surface area (Å²) in [6, 6.07) is 4.57. The van der Waals surface area contributed by atoms with Gasteiger partial charge in [-0.15, -0.1) is 0 Å². The van der Waals surface area contributed by atoms with E-state index in [2.05, 4.69) is 25.7 Å². The molecule has 3 heterocycles. The number of halogens is 5. The average molecular weight is 553 g/mol. The Bertz CT molecular complexity index is 1440. The number of anilines is 1. The molecule has 0 saturated heterocycles. The number of rotatable bonds is 5. The second-order valence-corrected chi connectivity index (χ2v) is 9.86. The molecule has 0 radical (unpaired) electrons. The van der Waals surface area contributed by atoms with Crippen LogP contribution in [-0.2, 0) is 16.8 Å². The first-order valence-corrected chi connectivity index (χ1v) is 11.6. The number of carbonyl (C=O) groups is 2. The molecule has 1 atom stereocenters. The molecular weight excluding hydrogens is 529 g/mol. The molecule has 1 aliphatic rings. The Morgan fingerprint density at radius 1 is 1.13 bits per heavy atom. The zero-order chi connectivity index (χ0) is 28.7. The number of benzene rings is 1. The number of amides is 2. The standard InChI is InChI=1S/C24H24F5N7O3/c1-23(2,3)39-22(38)32-18-19-30-10-16(17(26)27)35(19)11-24(4,33-18)13-9-12(5-6-14(13)25)31-20(37)15-7-8-36(34-15)21(28)29/h5-10,17,21H,11H2,1-4H3,(H,31,37)(H,32,33,38)/t24-/m0/s1. The van der Waals surface area contributed by atoms with Gasteiger partial charge in [-0.05, 0) is 52.0 Å². The van der Waals surface area contributed by atoms with Gasteiger partial charge in [-0.2, -0.15) is 13.9 Å². The number of alkyl carbamates (subject to hydrolysis) is 1. The topological polar surface area (TPSA) is 115 Å². The maximum absolute atomic E-state index is 15.2. The van der Waals surface area contributed by atoms with Crippen LogP contribution in [0.25, 0.3) is 0 Å². The largest absolute Gasteiger partial charge is 0.444 e. The first-order chi connectivity index (χ1) is 18.2. The minimum atomic E-state index is -2.94. The Labute approximate surface area is 218 Å². The summed E-state index contributed by atoms with van der Waals surface area (Å²) in [6.07, 6.45) is -2.00. The second kappa shape index (κ2) is 10.1. The molecule has 0 saturated carbocycles. The molecule has 208 valence electrons. The SMILES string of the molecule is CC(C)(C)OC(=O)NC1=N[C@](C)(c2cc(NC(=O)c3ccn(C(F)F)n3)ccc2F)Cn2c(C(F)F)cnc21. The van der Waals surface area contributed by atoms with Gasteiger partial charge in [0.05, 0.1) is 12.7 Å². The number of hydrogen-bond donors (Lipinski definition) is 2. The van der Waals surface area contributed by atoms with E-state index >= 15 is 4.39 Å². The van der Waals surface area contributed by atoms with Gasteiger partial charge in [-0.3, -0.25) is 15.1 Å². The number of aromatic nitrogens is 4. The highest BCUT2D eigenvalue weighted by Crippen LogP contribution is 2.37. The monoisotopic (exact) mass is 553 g/mol. The molecule has 15 heteroatoms. The molecule has 0 fully saturated rings. The minimum Gasteiger partial charge on any atom is -0.444 e. The predicted octanol–water partition coefficient (Wildman–Crippen LogP) is 5.00. The van der Waals surface area contributed by atoms with Crippen molar-refractivity contribution in [3.8, 4) is 0 Å². The number of nitrogens with zero attached hydrogens (tertiary/aromatic N) is 5. The van der Waals surface area contributed by atoms with Crippen molar-refractivity contribution in [1.82, 2.24) is 24.6 Å². The molecular formula is C24H24F5N7O3. The van der Waals surface area contributed by atoms with Crippen LogP contribution in [-0.4, -0.2) is 42.8 Å². The van der Waals surface area contributed by atoms with E-state index < -0.39 is 47.6 Å². The zero-order valence-electron chi connectivity index (χ0n) is 21.2. The second-order valence-electron chi connectivity index (χ2n) is 9.86. The van der Waals surface area contributed by atoms with Crippen LogP contribution in [0, 0.1) is 5.82 Å². The number of hydrogen-bond acceptors (Lipinski definition) is 6. The van der Waals surface area contributed by atoms with Gasteiger partial charge in [0.15, 0.2) is 17.4 Å². The molecule has 39 heavy (non-hydrogen) atoms. The van der Waals surface area contributed by atoms with Gasteiger partial charge < -0.3 is 14.6 Å². The van der Waals surface area contributed by atoms with Gasteiger partial charge in [0.1, 0.15) is 22.7 Å². The lowest BCUT2D eigenvalue weighted by Gasteiger charge is -2.33. The van der Waals surface area contributed by atoms with Crippen molar-refractivity contribution < 1.29 is 36.3 Å². The highest BCUT2D eigenvalue weighted by atomic mass is 19.3. The molecule has 0 aliphatic carbocycles. The predicted molar refractivity (Wildman–Crippen MR) is 128 cm³/mol. The number of imidazole rings is 1. The number of amidine groups is 1. The van der Waals surface area contributed by atoms with Crippen LogP contribution in [0.15, 0.2) is 41.7 Å². The lowest BCUT2D eigenvalue weighted by molar-refractivity contribution is 0.0553. The molecule has 10 nitrogen and oxygen atoms in total. The fourth-order valence-electron chi connectivity index (χ4n) is 3.97. The van der Waals surface area contributed by atoms with E-state index in [9.17, 15) is 27.2 Å². The zero-order valence-corrected chi connectivity index (χ0v) is 21.2. The van der Waals surface area contributed by atoms with Crippen LogP contribution in [0.2, 0.25) is 0 Å². The number of fused-ring (bicyclic) bond motifs is 1. The van der Waals surface area contributed by atoms with Crippen LogP contribution < -0.4 is 10.6 Å². The molecule has 0 bridgehead atoms. The molecule has 2 N–H and O–H groups in total. The third-order valence-electron chi connectivity index (χ3n) is 5.61. The maximum Gasteiger partial charge on any atom is 0.413 e. The van der Waals surface area contributed by atoms with Crippen molar-refractivity contribution in [3.63, 3.8) is 0 Å². The summed E-state index contributed by atoms with van der Waals surface area (Å²) in [7, 11) is 0. The van der Waals surface area contributed by atoms with E-state index in [0.717, 1.165) is 29.1 Å². The smallest absolute Gasteiger partial charge is 0.413 e. The van der Waals surface area contributed by atoms with Crippen LogP contribution in [0.1, 0.15) is 68.2 Å². The molecule has 1 aromatic carbocycles. The van der Waals surface area contributed by atoms with Gasteiger partial charge in [0.2, 0.25) is 0 Å². The highest BCUT2D eigenvalue weighted by molar-refractivity contribution is 6.05. The van der Waals surface area contributed by atoms with Gasteiger partial charge in [0, 0.05) is 17.4 Å². The van der Waals surface area contributed by atoms with Gasteiger partial charge in [-0.25, -0.2) is 27.6 Å². The van der Waals surface area contributed by atoms with Crippen molar-refractivity contribution in [3.05, 3.63) is 65.3 Å². The van der Waals surface area contributed by atoms with Crippen molar-refractivity contribution in [2.24, 2.45) is 4.99 Å². The molecule has 4 rings (SSSR count). The highest BCUT2D eigenvalue weighted by Gasteiger charge is 2.39. The molecule has 0 spiro atoms. The summed E-state index contributed by atoms with van der Waals surface area (Å²) < 4.78 is 74.9. The summed E-state index contributed by atoms with van der Waals surface area (Å²) in [5.74, 6) is -1.92. The first kappa shape index (κ1) is 27.7. The Balaban J connectivity index is 1.71. The van der Waals surface area contributed by atoms with Crippen LogP contribution in [0.5, 0.6) is 0 Å². The maximum atomic E-state index is 15.2. The Kier molecular flexibility index (Phi) is 7.19. The fourth-order valence-corrected chi connectivity index (χ4v) is 3.97. The van der Waals surface area contributed by atoms with Crippen molar-refractivity contribution >= 4 is 23.5 Å². The molecule has 2 amide bonds. The van der Waals surface area contributed by atoms with Crippen LogP contribution in [0.3, 0.4) is 0 Å². The van der Waals surface area contributed by atoms with E-state index in [1.807, 2.05) is 0 Å². The number of carbonyl (C=O) groups excluding carboxylic acids is 2. The van der Waals surface area contributed by atoms with Crippen LogP contribution >= 0.6 is 0 Å². The van der Waals surface area contributed by atoms with Gasteiger partial charge >= 0.3 is 12.6 Å². The van der Waals surface area contributed by atoms with Gasteiger partial charge in [-0.1, -0.05) is 0 Å². The summed E-state index contributed by atoms with van der Waals surface area (Å²) in [4.78, 5) is 33.4. The van der Waals surface area contributed by atoms with Crippen molar-refractivity contribution in [2.75, 3.05) is 5.32 Å². The summed E-state index contributed by atoms with van der Waals surface area (Å²) >= 11 is 0. The summed E-state index contributed by atoms with van der Waals surface area (Å²) in [5, 5.41) is 8.33. The fraction of sp³-hybridized carbons (Fsp3) is 0.375. The molecule has 0 unspecified atom stereocenters. The lowest BCUT2D eigenvalue weighted by Crippen LogP contribution is -2.44. The quantitative estimate of drug-likeness (QED) is 0.432. The number of nitrogens with one attached hydrogen (secondary N) is 2. The Morgan fingerprint density at radius 2 is 1.85 bits per heavy atom. The average Bonchev–Trinajstić information content (AvgIpc) is 3.47. The summed E-state index contributed by atoms with van der Waals surface area (Å²) in [6.45, 7) is 3.11. The number of aliphatic imine (C=N–C) groups is 1. The van der Waals surface area contributed by atoms with E-state index in [-0.39, 0.29) is 35.1 Å². The number of alkyl halides is 4. The molecule has 3 aromatic rings.